The second-order valence-corrected chi connectivity index (χ2v) is 4.63. The molecule has 1 atom stereocenters. The van der Waals surface area contributed by atoms with Crippen LogP contribution in [0.5, 0.6) is 0 Å². The molecule has 0 spiro atoms. The highest BCUT2D eigenvalue weighted by molar-refractivity contribution is 5.67. The maximum absolute atomic E-state index is 10.7. The number of carboxylic acids is 1. The van der Waals surface area contributed by atoms with E-state index in [1.54, 1.807) is 0 Å². The summed E-state index contributed by atoms with van der Waals surface area (Å²) in [6.07, 6.45) is 2.20. The molecule has 0 aliphatic rings. The summed E-state index contributed by atoms with van der Waals surface area (Å²) in [4.78, 5) is 10.7. The van der Waals surface area contributed by atoms with Gasteiger partial charge in [0.15, 0.2) is 0 Å². The van der Waals surface area contributed by atoms with E-state index >= 15 is 0 Å². The normalized spacial score (nSPS) is 12.7. The first kappa shape index (κ1) is 12.8. The van der Waals surface area contributed by atoms with E-state index in [0.29, 0.717) is 5.92 Å². The van der Waals surface area contributed by atoms with Crippen LogP contribution in [0, 0.1) is 11.8 Å². The van der Waals surface area contributed by atoms with Gasteiger partial charge < -0.3 is 5.11 Å². The topological polar surface area (TPSA) is 37.3 Å². The summed E-state index contributed by atoms with van der Waals surface area (Å²) in [6.45, 7) is 4.19. The van der Waals surface area contributed by atoms with Crippen LogP contribution in [-0.2, 0) is 11.2 Å². The molecule has 2 heteroatoms. The second-order valence-electron chi connectivity index (χ2n) is 4.63. The van der Waals surface area contributed by atoms with E-state index in [2.05, 4.69) is 26.0 Å². The van der Waals surface area contributed by atoms with Crippen LogP contribution in [0.1, 0.15) is 32.3 Å². The molecule has 2 nitrogen and oxygen atoms in total. The number of carbonyl (C=O) groups is 1. The molecule has 0 amide bonds. The summed E-state index contributed by atoms with van der Waals surface area (Å²) in [6, 6.07) is 10.2. The maximum Gasteiger partial charge on any atom is 0.303 e. The Morgan fingerprint density at radius 2 is 1.88 bits per heavy atom. The molecule has 0 bridgehead atoms. The van der Waals surface area contributed by atoms with Gasteiger partial charge in [0.1, 0.15) is 0 Å². The van der Waals surface area contributed by atoms with Crippen LogP contribution < -0.4 is 0 Å². The van der Waals surface area contributed by atoms with Gasteiger partial charge in [-0.25, -0.2) is 0 Å². The third kappa shape index (κ3) is 4.47. The van der Waals surface area contributed by atoms with Gasteiger partial charge in [0.25, 0.3) is 0 Å². The molecule has 0 aromatic heterocycles. The van der Waals surface area contributed by atoms with Crippen molar-refractivity contribution in [2.75, 3.05) is 0 Å². The third-order valence-corrected chi connectivity index (χ3v) is 3.03. The van der Waals surface area contributed by atoms with Crippen LogP contribution in [0.4, 0.5) is 0 Å². The number of hydrogen-bond acceptors (Lipinski definition) is 1. The van der Waals surface area contributed by atoms with Crippen molar-refractivity contribution in [1.82, 2.24) is 0 Å². The van der Waals surface area contributed by atoms with Crippen molar-refractivity contribution in [3.05, 3.63) is 35.9 Å². The molecule has 1 N–H and O–H groups in total. The SMILES string of the molecule is CC(C)[C@@H](CCc1ccccc1)CC(=O)O. The minimum absolute atomic E-state index is 0.276. The number of aliphatic carboxylic acids is 1. The minimum Gasteiger partial charge on any atom is -0.481 e. The molecule has 0 heterocycles. The molecule has 1 aromatic rings. The molecule has 0 fully saturated rings. The highest BCUT2D eigenvalue weighted by atomic mass is 16.4. The van der Waals surface area contributed by atoms with Crippen molar-refractivity contribution in [2.45, 2.75) is 33.1 Å². The average Bonchev–Trinajstić information content (AvgIpc) is 2.25. The average molecular weight is 220 g/mol. The molecule has 0 unspecified atom stereocenters. The van der Waals surface area contributed by atoms with Gasteiger partial charge in [-0.05, 0) is 30.2 Å². The minimum atomic E-state index is -0.688. The molecule has 16 heavy (non-hydrogen) atoms. The number of benzene rings is 1. The van der Waals surface area contributed by atoms with E-state index in [0.717, 1.165) is 12.8 Å². The fourth-order valence-corrected chi connectivity index (χ4v) is 1.89. The Balaban J connectivity index is 2.47. The summed E-state index contributed by atoms with van der Waals surface area (Å²) in [5.74, 6) is 0.0179. The Morgan fingerprint density at radius 1 is 1.25 bits per heavy atom. The first-order chi connectivity index (χ1) is 7.59. The van der Waals surface area contributed by atoms with Crippen molar-refractivity contribution in [3.8, 4) is 0 Å². The van der Waals surface area contributed by atoms with Gasteiger partial charge in [0, 0.05) is 6.42 Å². The predicted octanol–water partition coefficient (Wildman–Crippen LogP) is 3.37. The number of rotatable bonds is 6. The largest absolute Gasteiger partial charge is 0.481 e. The van der Waals surface area contributed by atoms with Gasteiger partial charge in [-0.1, -0.05) is 44.2 Å². The lowest BCUT2D eigenvalue weighted by Crippen LogP contribution is -2.14. The van der Waals surface area contributed by atoms with Gasteiger partial charge >= 0.3 is 5.97 Å². The molecule has 0 saturated heterocycles. The van der Waals surface area contributed by atoms with E-state index in [1.807, 2.05) is 18.2 Å². The molecule has 0 aliphatic heterocycles. The first-order valence-corrected chi connectivity index (χ1v) is 5.85. The molecular weight excluding hydrogens is 200 g/mol. The van der Waals surface area contributed by atoms with Gasteiger partial charge in [0.2, 0.25) is 0 Å². The summed E-state index contributed by atoms with van der Waals surface area (Å²) < 4.78 is 0. The van der Waals surface area contributed by atoms with Crippen LogP contribution in [0.25, 0.3) is 0 Å². The zero-order valence-electron chi connectivity index (χ0n) is 10.0. The van der Waals surface area contributed by atoms with E-state index in [9.17, 15) is 4.79 Å². The van der Waals surface area contributed by atoms with Crippen molar-refractivity contribution < 1.29 is 9.90 Å². The molecule has 0 saturated carbocycles. The second kappa shape index (κ2) is 6.31. The van der Waals surface area contributed by atoms with Gasteiger partial charge in [-0.2, -0.15) is 0 Å². The zero-order chi connectivity index (χ0) is 12.0. The van der Waals surface area contributed by atoms with Gasteiger partial charge in [-0.3, -0.25) is 4.79 Å². The first-order valence-electron chi connectivity index (χ1n) is 5.85. The molecule has 88 valence electrons. The smallest absolute Gasteiger partial charge is 0.303 e. The Bertz CT molecular complexity index is 317. The predicted molar refractivity (Wildman–Crippen MR) is 65.3 cm³/mol. The molecule has 1 rings (SSSR count). The summed E-state index contributed by atoms with van der Waals surface area (Å²) in [5, 5.41) is 8.83. The van der Waals surface area contributed by atoms with Crippen LogP contribution in [0.3, 0.4) is 0 Å². The number of aryl methyl sites for hydroxylation is 1. The summed E-state index contributed by atoms with van der Waals surface area (Å²) in [7, 11) is 0. The van der Waals surface area contributed by atoms with Crippen molar-refractivity contribution >= 4 is 5.97 Å². The van der Waals surface area contributed by atoms with Gasteiger partial charge in [0.05, 0.1) is 0 Å². The highest BCUT2D eigenvalue weighted by Gasteiger charge is 2.16. The van der Waals surface area contributed by atoms with Crippen LogP contribution in [0.2, 0.25) is 0 Å². The molecule has 1 aromatic carbocycles. The highest BCUT2D eigenvalue weighted by Crippen LogP contribution is 2.21. The standard InChI is InChI=1S/C14H20O2/c1-11(2)13(10-14(15)16)9-8-12-6-4-3-5-7-12/h3-7,11,13H,8-10H2,1-2H3,(H,15,16)/t13-/m0/s1. The van der Waals surface area contributed by atoms with E-state index < -0.39 is 5.97 Å². The van der Waals surface area contributed by atoms with Crippen LogP contribution >= 0.6 is 0 Å². The van der Waals surface area contributed by atoms with E-state index in [-0.39, 0.29) is 12.3 Å². The van der Waals surface area contributed by atoms with E-state index in [4.69, 9.17) is 5.11 Å². The monoisotopic (exact) mass is 220 g/mol. The number of hydrogen-bond donors (Lipinski definition) is 1. The quantitative estimate of drug-likeness (QED) is 0.798. The van der Waals surface area contributed by atoms with Crippen molar-refractivity contribution in [3.63, 3.8) is 0 Å². The number of carboxylic acid groups (broad SMARTS) is 1. The lowest BCUT2D eigenvalue weighted by Gasteiger charge is -2.18. The van der Waals surface area contributed by atoms with E-state index in [1.165, 1.54) is 5.56 Å². The Morgan fingerprint density at radius 3 is 2.38 bits per heavy atom. The fraction of sp³-hybridized carbons (Fsp3) is 0.500. The Labute approximate surface area is 97.3 Å². The Kier molecular flexibility index (Phi) is 5.03. The van der Waals surface area contributed by atoms with Gasteiger partial charge in [-0.15, -0.1) is 0 Å². The summed E-state index contributed by atoms with van der Waals surface area (Å²) >= 11 is 0. The molecular formula is C14H20O2. The summed E-state index contributed by atoms with van der Waals surface area (Å²) in [5.41, 5.74) is 1.29. The van der Waals surface area contributed by atoms with Crippen LogP contribution in [0.15, 0.2) is 30.3 Å². The molecule has 0 aliphatic carbocycles. The zero-order valence-corrected chi connectivity index (χ0v) is 10.0. The third-order valence-electron chi connectivity index (χ3n) is 3.03. The van der Waals surface area contributed by atoms with Crippen molar-refractivity contribution in [1.29, 1.82) is 0 Å². The lowest BCUT2D eigenvalue weighted by molar-refractivity contribution is -0.138. The molecule has 0 radical (unpaired) electrons. The fourth-order valence-electron chi connectivity index (χ4n) is 1.89. The Hall–Kier alpha value is -1.31. The lowest BCUT2D eigenvalue weighted by atomic mass is 9.87. The maximum atomic E-state index is 10.7. The van der Waals surface area contributed by atoms with Crippen molar-refractivity contribution in [2.24, 2.45) is 11.8 Å². The van der Waals surface area contributed by atoms with Crippen LogP contribution in [-0.4, -0.2) is 11.1 Å².